The Kier molecular flexibility index (Phi) is 5.00. The summed E-state index contributed by atoms with van der Waals surface area (Å²) in [4.78, 5) is 0. The van der Waals surface area contributed by atoms with Crippen LogP contribution < -0.4 is 21.2 Å². The van der Waals surface area contributed by atoms with Gasteiger partial charge in [-0.1, -0.05) is 84.9 Å². The van der Waals surface area contributed by atoms with Crippen LogP contribution in [0, 0.1) is 0 Å². The Balaban J connectivity index is 2.15. The molecule has 0 saturated heterocycles. The van der Waals surface area contributed by atoms with Crippen molar-refractivity contribution >= 4 is 23.8 Å². The molecule has 1 nitrogen and oxygen atoms in total. The number of nitrogens with one attached hydrogen (secondary N) is 1. The van der Waals surface area contributed by atoms with Gasteiger partial charge in [-0.25, -0.2) is 0 Å². The van der Waals surface area contributed by atoms with E-state index in [4.69, 9.17) is 0 Å². The van der Waals surface area contributed by atoms with E-state index in [2.05, 4.69) is 90.2 Å². The molecule has 0 saturated carbocycles. The molecule has 0 unspecified atom stereocenters. The molecule has 3 aromatic rings. The second-order valence-corrected chi connectivity index (χ2v) is 7.35. The first kappa shape index (κ1) is 15.0. The van der Waals surface area contributed by atoms with Gasteiger partial charge < -0.3 is 5.32 Å². The van der Waals surface area contributed by atoms with E-state index in [0.717, 1.165) is 6.54 Å². The molecule has 1 N–H and O–H groups in total. The first-order valence-corrected chi connectivity index (χ1v) is 8.87. The number of rotatable bonds is 5. The predicted octanol–water partition coefficient (Wildman–Crippen LogP) is 3.16. The van der Waals surface area contributed by atoms with Crippen molar-refractivity contribution in [3.05, 3.63) is 90.5 Å². The summed E-state index contributed by atoms with van der Waals surface area (Å²) in [5, 5.41) is 7.52. The third-order valence-electron chi connectivity index (χ3n) is 3.63. The molecule has 110 valence electrons. The summed E-state index contributed by atoms with van der Waals surface area (Å²) >= 11 is 0. The van der Waals surface area contributed by atoms with E-state index in [1.165, 1.54) is 21.5 Å². The summed E-state index contributed by atoms with van der Waals surface area (Å²) in [5.41, 5.74) is 1.38. The Morgan fingerprint density at radius 3 is 1.73 bits per heavy atom. The lowest BCUT2D eigenvalue weighted by atomic mass is 10.2. The fraction of sp³-hybridized carbons (Fsp3) is 0.100. The molecule has 0 aliphatic rings. The van der Waals surface area contributed by atoms with Gasteiger partial charge in [0.15, 0.2) is 0 Å². The van der Waals surface area contributed by atoms with Gasteiger partial charge in [0.25, 0.3) is 0 Å². The van der Waals surface area contributed by atoms with Crippen molar-refractivity contribution in [2.24, 2.45) is 0 Å². The molecular formula is C20H20NP. The Morgan fingerprint density at radius 2 is 1.18 bits per heavy atom. The first-order valence-electron chi connectivity index (χ1n) is 7.53. The summed E-state index contributed by atoms with van der Waals surface area (Å²) in [6, 6.07) is 30.5. The van der Waals surface area contributed by atoms with Gasteiger partial charge >= 0.3 is 0 Å². The molecular weight excluding hydrogens is 285 g/mol. The highest BCUT2D eigenvalue weighted by molar-refractivity contribution is 7.79. The van der Waals surface area contributed by atoms with Crippen LogP contribution in [0.25, 0.3) is 0 Å². The lowest BCUT2D eigenvalue weighted by molar-refractivity contribution is 0.822. The minimum absolute atomic E-state index is 0.518. The van der Waals surface area contributed by atoms with Gasteiger partial charge in [0, 0.05) is 6.54 Å². The van der Waals surface area contributed by atoms with Crippen LogP contribution in [0.5, 0.6) is 0 Å². The van der Waals surface area contributed by atoms with Crippen molar-refractivity contribution in [1.82, 2.24) is 5.32 Å². The van der Waals surface area contributed by atoms with E-state index in [0.29, 0.717) is 0 Å². The van der Waals surface area contributed by atoms with Crippen molar-refractivity contribution in [3.8, 4) is 0 Å². The molecule has 0 amide bonds. The second kappa shape index (κ2) is 7.35. The SMILES string of the molecule is CNCc1ccccc1P(c1ccccc1)c1ccccc1. The highest BCUT2D eigenvalue weighted by Crippen LogP contribution is 2.33. The van der Waals surface area contributed by atoms with Crippen LogP contribution in [-0.2, 0) is 6.54 Å². The zero-order valence-corrected chi connectivity index (χ0v) is 13.6. The molecule has 0 spiro atoms. The van der Waals surface area contributed by atoms with Crippen LogP contribution in [0.4, 0.5) is 0 Å². The van der Waals surface area contributed by atoms with Crippen molar-refractivity contribution in [2.75, 3.05) is 7.05 Å². The number of hydrogen-bond donors (Lipinski definition) is 1. The van der Waals surface area contributed by atoms with Gasteiger partial charge in [0.1, 0.15) is 0 Å². The van der Waals surface area contributed by atoms with Crippen molar-refractivity contribution in [2.45, 2.75) is 6.54 Å². The quantitative estimate of drug-likeness (QED) is 0.714. The Hall–Kier alpha value is -1.95. The maximum absolute atomic E-state index is 3.29. The summed E-state index contributed by atoms with van der Waals surface area (Å²) in [6.45, 7) is 0.897. The zero-order valence-electron chi connectivity index (χ0n) is 12.7. The summed E-state index contributed by atoms with van der Waals surface area (Å²) < 4.78 is 0. The molecule has 0 bridgehead atoms. The molecule has 0 aromatic heterocycles. The van der Waals surface area contributed by atoms with Crippen LogP contribution in [0.1, 0.15) is 5.56 Å². The maximum Gasteiger partial charge on any atom is 0.0209 e. The third kappa shape index (κ3) is 3.27. The lowest BCUT2D eigenvalue weighted by Crippen LogP contribution is -2.25. The van der Waals surface area contributed by atoms with Crippen LogP contribution >= 0.6 is 7.92 Å². The molecule has 0 aliphatic carbocycles. The normalized spacial score (nSPS) is 10.8. The largest absolute Gasteiger partial charge is 0.316 e. The zero-order chi connectivity index (χ0) is 15.2. The van der Waals surface area contributed by atoms with Crippen LogP contribution in [0.3, 0.4) is 0 Å². The molecule has 22 heavy (non-hydrogen) atoms. The average Bonchev–Trinajstić information content (AvgIpc) is 2.59. The summed E-state index contributed by atoms with van der Waals surface area (Å²) in [6.07, 6.45) is 0. The van der Waals surface area contributed by atoms with Crippen LogP contribution in [0.15, 0.2) is 84.9 Å². The minimum Gasteiger partial charge on any atom is -0.316 e. The van der Waals surface area contributed by atoms with Gasteiger partial charge in [-0.3, -0.25) is 0 Å². The van der Waals surface area contributed by atoms with Gasteiger partial charge in [0.05, 0.1) is 0 Å². The van der Waals surface area contributed by atoms with Crippen molar-refractivity contribution in [3.63, 3.8) is 0 Å². The molecule has 0 radical (unpaired) electrons. The van der Waals surface area contributed by atoms with E-state index < -0.39 is 7.92 Å². The highest BCUT2D eigenvalue weighted by Gasteiger charge is 2.18. The molecule has 0 aliphatic heterocycles. The lowest BCUT2D eigenvalue weighted by Gasteiger charge is -2.22. The van der Waals surface area contributed by atoms with E-state index in [1.807, 2.05) is 7.05 Å². The monoisotopic (exact) mass is 305 g/mol. The molecule has 0 fully saturated rings. The Labute approximate surface area is 133 Å². The molecule has 3 rings (SSSR count). The van der Waals surface area contributed by atoms with Gasteiger partial charge in [-0.2, -0.15) is 0 Å². The van der Waals surface area contributed by atoms with Gasteiger partial charge in [-0.05, 0) is 36.4 Å². The number of benzene rings is 3. The first-order chi connectivity index (χ1) is 10.9. The highest BCUT2D eigenvalue weighted by atomic mass is 31.1. The van der Waals surface area contributed by atoms with E-state index in [1.54, 1.807) is 0 Å². The smallest absolute Gasteiger partial charge is 0.0209 e. The summed E-state index contributed by atoms with van der Waals surface area (Å²) in [5.74, 6) is 0. The molecule has 3 aromatic carbocycles. The summed E-state index contributed by atoms with van der Waals surface area (Å²) in [7, 11) is 1.49. The fourth-order valence-electron chi connectivity index (χ4n) is 2.65. The van der Waals surface area contributed by atoms with Crippen molar-refractivity contribution in [1.29, 1.82) is 0 Å². The Morgan fingerprint density at radius 1 is 0.682 bits per heavy atom. The van der Waals surface area contributed by atoms with Crippen LogP contribution in [0.2, 0.25) is 0 Å². The molecule has 0 atom stereocenters. The standard InChI is InChI=1S/C20H20NP/c1-21-16-17-10-8-9-15-20(17)22(18-11-4-2-5-12-18)19-13-6-3-7-14-19/h2-15,21H,16H2,1H3. The average molecular weight is 305 g/mol. The predicted molar refractivity (Wildman–Crippen MR) is 97.9 cm³/mol. The minimum atomic E-state index is -0.518. The topological polar surface area (TPSA) is 12.0 Å². The van der Waals surface area contributed by atoms with Crippen LogP contribution in [-0.4, -0.2) is 7.05 Å². The molecule has 2 heteroatoms. The maximum atomic E-state index is 3.29. The van der Waals surface area contributed by atoms with E-state index in [9.17, 15) is 0 Å². The fourth-order valence-corrected chi connectivity index (χ4v) is 5.12. The third-order valence-corrected chi connectivity index (χ3v) is 6.18. The molecule has 0 heterocycles. The van der Waals surface area contributed by atoms with E-state index in [-0.39, 0.29) is 0 Å². The van der Waals surface area contributed by atoms with Crippen molar-refractivity contribution < 1.29 is 0 Å². The Bertz CT molecular complexity index is 671. The van der Waals surface area contributed by atoms with Gasteiger partial charge in [0.2, 0.25) is 0 Å². The van der Waals surface area contributed by atoms with E-state index >= 15 is 0 Å². The van der Waals surface area contributed by atoms with Gasteiger partial charge in [-0.15, -0.1) is 0 Å². The number of hydrogen-bond acceptors (Lipinski definition) is 1. The second-order valence-electron chi connectivity index (χ2n) is 5.17.